The highest BCUT2D eigenvalue weighted by Gasteiger charge is 2.34. The average Bonchev–Trinajstić information content (AvgIpc) is 2.72. The molecule has 0 aliphatic carbocycles. The van der Waals surface area contributed by atoms with Gasteiger partial charge in [0.15, 0.2) is 0 Å². The summed E-state index contributed by atoms with van der Waals surface area (Å²) in [5, 5.41) is 9.94. The van der Waals surface area contributed by atoms with E-state index in [4.69, 9.17) is 4.74 Å². The summed E-state index contributed by atoms with van der Waals surface area (Å²) in [7, 11) is 1.55. The summed E-state index contributed by atoms with van der Waals surface area (Å²) in [6.45, 7) is -0.174. The molecule has 0 N–H and O–H groups in total. The summed E-state index contributed by atoms with van der Waals surface area (Å²) >= 11 is 0.792. The van der Waals surface area contributed by atoms with Crippen molar-refractivity contribution in [2.75, 3.05) is 13.7 Å². The van der Waals surface area contributed by atoms with Crippen molar-refractivity contribution in [2.24, 2.45) is 0 Å². The highest BCUT2D eigenvalue weighted by molar-refractivity contribution is 8.18. The maximum absolute atomic E-state index is 12.0. The molecule has 1 aliphatic rings. The number of hydrogen-bond donors (Lipinski definition) is 0. The van der Waals surface area contributed by atoms with Crippen LogP contribution in [0.2, 0.25) is 0 Å². The van der Waals surface area contributed by atoms with Crippen LogP contribution in [0.25, 0.3) is 6.08 Å². The van der Waals surface area contributed by atoms with E-state index >= 15 is 0 Å². The molecule has 0 saturated carbocycles. The molecule has 0 aromatic heterocycles. The minimum Gasteiger partial charge on any atom is -0.550 e. The number of aliphatic carboxylic acids is 1. The molecule has 0 radical (unpaired) electrons. The van der Waals surface area contributed by atoms with Gasteiger partial charge in [0.25, 0.3) is 11.1 Å². The van der Waals surface area contributed by atoms with Crippen molar-refractivity contribution in [3.63, 3.8) is 0 Å². The van der Waals surface area contributed by atoms with Crippen LogP contribution in [0.1, 0.15) is 12.0 Å². The lowest BCUT2D eigenvalue weighted by Crippen LogP contribution is -2.33. The molecule has 1 aromatic rings. The molecule has 0 bridgehead atoms. The van der Waals surface area contributed by atoms with Crippen LogP contribution in [0.3, 0.4) is 0 Å². The Morgan fingerprint density at radius 3 is 2.57 bits per heavy atom. The van der Waals surface area contributed by atoms with Crippen LogP contribution in [-0.2, 0) is 9.59 Å². The Hall–Kier alpha value is -2.28. The van der Waals surface area contributed by atoms with Crippen LogP contribution in [-0.4, -0.2) is 35.7 Å². The number of imide groups is 1. The Morgan fingerprint density at radius 1 is 1.33 bits per heavy atom. The molecule has 1 aliphatic heterocycles. The third-order valence-corrected chi connectivity index (χ3v) is 3.73. The first-order valence-electron chi connectivity index (χ1n) is 6.10. The van der Waals surface area contributed by atoms with E-state index < -0.39 is 17.1 Å². The lowest BCUT2D eigenvalue weighted by atomic mass is 10.2. The molecule has 21 heavy (non-hydrogen) atoms. The molecule has 110 valence electrons. The van der Waals surface area contributed by atoms with E-state index in [0.29, 0.717) is 5.75 Å². The first kappa shape index (κ1) is 15.1. The van der Waals surface area contributed by atoms with E-state index in [2.05, 4.69) is 0 Å². The molecular weight excluding hydrogens is 294 g/mol. The van der Waals surface area contributed by atoms with Crippen molar-refractivity contribution < 1.29 is 24.2 Å². The second-order valence-corrected chi connectivity index (χ2v) is 5.22. The zero-order valence-electron chi connectivity index (χ0n) is 11.2. The van der Waals surface area contributed by atoms with Crippen LogP contribution in [0.4, 0.5) is 4.79 Å². The van der Waals surface area contributed by atoms with E-state index in [0.717, 1.165) is 22.2 Å². The molecule has 1 aromatic carbocycles. The Bertz CT molecular complexity index is 608. The summed E-state index contributed by atoms with van der Waals surface area (Å²) in [5.74, 6) is -1.09. The monoisotopic (exact) mass is 306 g/mol. The average molecular weight is 306 g/mol. The zero-order chi connectivity index (χ0) is 15.4. The van der Waals surface area contributed by atoms with Crippen LogP contribution in [0.15, 0.2) is 29.2 Å². The van der Waals surface area contributed by atoms with E-state index in [-0.39, 0.29) is 17.9 Å². The highest BCUT2D eigenvalue weighted by atomic mass is 32.2. The molecule has 1 fully saturated rings. The normalized spacial score (nSPS) is 16.6. The summed E-state index contributed by atoms with van der Waals surface area (Å²) in [5.41, 5.74) is 0.751. The molecule has 2 rings (SSSR count). The second-order valence-electron chi connectivity index (χ2n) is 4.23. The number of amides is 2. The van der Waals surface area contributed by atoms with Crippen LogP contribution in [0.5, 0.6) is 5.75 Å². The van der Waals surface area contributed by atoms with Crippen molar-refractivity contribution in [2.45, 2.75) is 6.42 Å². The number of carboxylic acid groups (broad SMARTS) is 1. The quantitative estimate of drug-likeness (QED) is 0.750. The largest absolute Gasteiger partial charge is 0.550 e. The fourth-order valence-electron chi connectivity index (χ4n) is 1.75. The van der Waals surface area contributed by atoms with Crippen molar-refractivity contribution in [1.29, 1.82) is 0 Å². The molecule has 0 unspecified atom stereocenters. The third-order valence-electron chi connectivity index (χ3n) is 2.83. The van der Waals surface area contributed by atoms with Gasteiger partial charge in [-0.2, -0.15) is 0 Å². The number of carbonyl (C=O) groups is 3. The number of benzene rings is 1. The lowest BCUT2D eigenvalue weighted by Gasteiger charge is -2.12. The number of carbonyl (C=O) groups excluding carboxylic acids is 3. The minimum atomic E-state index is -1.30. The van der Waals surface area contributed by atoms with Crippen LogP contribution >= 0.6 is 11.8 Å². The second kappa shape index (κ2) is 6.45. The maximum atomic E-state index is 12.0. The predicted molar refractivity (Wildman–Crippen MR) is 75.3 cm³/mol. The van der Waals surface area contributed by atoms with Crippen molar-refractivity contribution >= 4 is 35.0 Å². The first-order chi connectivity index (χ1) is 10.0. The number of carboxylic acids is 1. The molecule has 7 heteroatoms. The van der Waals surface area contributed by atoms with Crippen LogP contribution in [0, 0.1) is 0 Å². The van der Waals surface area contributed by atoms with Crippen LogP contribution < -0.4 is 9.84 Å². The van der Waals surface area contributed by atoms with Gasteiger partial charge < -0.3 is 14.6 Å². The van der Waals surface area contributed by atoms with Gasteiger partial charge in [0.2, 0.25) is 0 Å². The molecular formula is C14H12NO5S-. The Morgan fingerprint density at radius 2 is 2.00 bits per heavy atom. The summed E-state index contributed by atoms with van der Waals surface area (Å²) in [4.78, 5) is 35.3. The van der Waals surface area contributed by atoms with Crippen molar-refractivity contribution in [1.82, 2.24) is 4.90 Å². The highest BCUT2D eigenvalue weighted by Crippen LogP contribution is 2.32. The standard InChI is InChI=1S/C14H13NO5S/c1-20-10-4-2-9(3-5-10)8-11-13(18)15(14(19)21-11)7-6-12(16)17/h2-5,8H,6-7H2,1H3,(H,16,17)/p-1/b11-8+. The van der Waals surface area contributed by atoms with Gasteiger partial charge in [0.1, 0.15) is 5.75 Å². The van der Waals surface area contributed by atoms with Gasteiger partial charge in [-0.25, -0.2) is 0 Å². The van der Waals surface area contributed by atoms with Gasteiger partial charge in [-0.15, -0.1) is 0 Å². The fraction of sp³-hybridized carbons (Fsp3) is 0.214. The molecule has 2 amide bonds. The van der Waals surface area contributed by atoms with E-state index in [1.165, 1.54) is 0 Å². The van der Waals surface area contributed by atoms with Crippen molar-refractivity contribution in [3.8, 4) is 5.75 Å². The smallest absolute Gasteiger partial charge is 0.293 e. The lowest BCUT2D eigenvalue weighted by molar-refractivity contribution is -0.305. The molecule has 1 saturated heterocycles. The number of nitrogens with zero attached hydrogens (tertiary/aromatic N) is 1. The Labute approximate surface area is 125 Å². The number of rotatable bonds is 5. The topological polar surface area (TPSA) is 86.7 Å². The van der Waals surface area contributed by atoms with Gasteiger partial charge in [-0.1, -0.05) is 12.1 Å². The molecule has 6 nitrogen and oxygen atoms in total. The first-order valence-corrected chi connectivity index (χ1v) is 6.92. The summed E-state index contributed by atoms with van der Waals surface area (Å²) in [6, 6.07) is 7.00. The van der Waals surface area contributed by atoms with Crippen molar-refractivity contribution in [3.05, 3.63) is 34.7 Å². The number of thioether (sulfide) groups is 1. The Kier molecular flexibility index (Phi) is 4.64. The summed E-state index contributed by atoms with van der Waals surface area (Å²) in [6.07, 6.45) is 1.22. The van der Waals surface area contributed by atoms with Gasteiger partial charge >= 0.3 is 0 Å². The SMILES string of the molecule is COc1ccc(/C=C2/SC(=O)N(CCC(=O)[O-])C2=O)cc1. The third kappa shape index (κ3) is 3.63. The van der Waals surface area contributed by atoms with Gasteiger partial charge in [-0.3, -0.25) is 14.5 Å². The van der Waals surface area contributed by atoms with Gasteiger partial charge in [-0.05, 0) is 35.5 Å². The predicted octanol–water partition coefficient (Wildman–Crippen LogP) is 0.871. The number of methoxy groups -OCH3 is 1. The number of ether oxygens (including phenoxy) is 1. The minimum absolute atomic E-state index is 0.174. The molecule has 0 spiro atoms. The zero-order valence-corrected chi connectivity index (χ0v) is 12.0. The molecule has 0 atom stereocenters. The van der Waals surface area contributed by atoms with E-state index in [1.54, 1.807) is 37.5 Å². The summed E-state index contributed by atoms with van der Waals surface area (Å²) < 4.78 is 5.03. The van der Waals surface area contributed by atoms with Gasteiger partial charge in [0, 0.05) is 18.9 Å². The maximum Gasteiger partial charge on any atom is 0.293 e. The van der Waals surface area contributed by atoms with Gasteiger partial charge in [0.05, 0.1) is 12.0 Å². The Balaban J connectivity index is 2.13. The van der Waals surface area contributed by atoms with E-state index in [1.807, 2.05) is 0 Å². The fourth-order valence-corrected chi connectivity index (χ4v) is 2.61. The van der Waals surface area contributed by atoms with E-state index in [9.17, 15) is 19.5 Å². The number of hydrogen-bond acceptors (Lipinski definition) is 6. The molecule has 1 heterocycles.